The molecule has 1 aliphatic carbocycles. The first-order chi connectivity index (χ1) is 16.7. The maximum absolute atomic E-state index is 13.5. The molecular weight excluding hydrogens is 476 g/mol. The van der Waals surface area contributed by atoms with E-state index in [-0.39, 0.29) is 40.5 Å². The van der Waals surface area contributed by atoms with Crippen molar-refractivity contribution in [1.29, 1.82) is 0 Å². The van der Waals surface area contributed by atoms with Gasteiger partial charge in [0.15, 0.2) is 15.6 Å². The highest BCUT2D eigenvalue weighted by Crippen LogP contribution is 2.43. The van der Waals surface area contributed by atoms with Crippen molar-refractivity contribution in [2.75, 3.05) is 25.4 Å². The third kappa shape index (κ3) is 4.26. The van der Waals surface area contributed by atoms with Crippen LogP contribution in [0.1, 0.15) is 48.3 Å². The molecule has 12 heteroatoms. The first kappa shape index (κ1) is 24.0. The summed E-state index contributed by atoms with van der Waals surface area (Å²) in [5.41, 5.74) is 0.652. The van der Waals surface area contributed by atoms with E-state index < -0.39 is 52.0 Å². The van der Waals surface area contributed by atoms with E-state index in [2.05, 4.69) is 15.6 Å². The van der Waals surface area contributed by atoms with E-state index in [0.29, 0.717) is 31.6 Å². The molecule has 1 aromatic heterocycles. The molecule has 5 atom stereocenters. The van der Waals surface area contributed by atoms with Crippen molar-refractivity contribution < 1.29 is 32.7 Å². The van der Waals surface area contributed by atoms with Gasteiger partial charge in [-0.1, -0.05) is 6.42 Å². The van der Waals surface area contributed by atoms with Crippen LogP contribution < -0.4 is 10.6 Å². The van der Waals surface area contributed by atoms with Crippen molar-refractivity contribution >= 4 is 33.3 Å². The highest BCUT2D eigenvalue weighted by Gasteiger charge is 2.50. The lowest BCUT2D eigenvalue weighted by Crippen LogP contribution is -2.53. The normalized spacial score (nSPS) is 29.5. The molecule has 3 aliphatic heterocycles. The second-order valence-corrected chi connectivity index (χ2v) is 12.1. The van der Waals surface area contributed by atoms with Gasteiger partial charge in [-0.25, -0.2) is 8.42 Å². The molecule has 5 rings (SSSR count). The first-order valence-corrected chi connectivity index (χ1v) is 13.8. The van der Waals surface area contributed by atoms with E-state index in [1.807, 2.05) is 0 Å². The number of aromatic amines is 1. The molecule has 1 aromatic rings. The van der Waals surface area contributed by atoms with E-state index in [0.717, 1.165) is 19.3 Å². The molecule has 3 fully saturated rings. The molecule has 11 nitrogen and oxygen atoms in total. The Kier molecular flexibility index (Phi) is 6.20. The van der Waals surface area contributed by atoms with Gasteiger partial charge in [-0.05, 0) is 43.6 Å². The fourth-order valence-electron chi connectivity index (χ4n) is 6.20. The van der Waals surface area contributed by atoms with Crippen LogP contribution in [0.3, 0.4) is 0 Å². The van der Waals surface area contributed by atoms with Crippen LogP contribution in [-0.2, 0) is 30.6 Å². The number of ketones is 1. The van der Waals surface area contributed by atoms with Gasteiger partial charge in [-0.3, -0.25) is 19.2 Å². The quantitative estimate of drug-likeness (QED) is 0.374. The standard InChI is InChI=1S/C23H30N4O7S/c28-11-18(29)16(8-12-4-6-24-21(12)30)26-22(31)20-14-3-1-2-13(14)10-27(20)23(32)17-9-19-15(25-17)5-7-35(19,33)34/h9,12-14,16,20,25,28H,1-8,10-11H2,(H,24,30)(H,26,31)/t12-,13-,14-,16-,20-/m0/s1. The lowest BCUT2D eigenvalue weighted by molar-refractivity contribution is -0.133. The average Bonchev–Trinajstić information content (AvgIpc) is 3.61. The molecule has 190 valence electrons. The fraction of sp³-hybridized carbons (Fsp3) is 0.652. The predicted molar refractivity (Wildman–Crippen MR) is 122 cm³/mol. The van der Waals surface area contributed by atoms with Crippen molar-refractivity contribution in [2.24, 2.45) is 17.8 Å². The molecule has 0 aromatic carbocycles. The van der Waals surface area contributed by atoms with Crippen LogP contribution in [0.4, 0.5) is 0 Å². The molecule has 3 amide bonds. The molecule has 4 heterocycles. The number of likely N-dealkylation sites (tertiary alicyclic amines) is 1. The Hall–Kier alpha value is -2.73. The average molecular weight is 507 g/mol. The SMILES string of the molecule is O=C1NCC[C@H]1C[C@H](NC(=O)[C@@H]1[C@H]2CCC[C@H]2CN1C(=O)c1cc2c([nH]1)CCS2(=O)=O)C(=O)CO. The van der Waals surface area contributed by atoms with Gasteiger partial charge in [-0.15, -0.1) is 0 Å². The molecule has 4 aliphatic rings. The molecule has 0 spiro atoms. The predicted octanol–water partition coefficient (Wildman–Crippen LogP) is -0.842. The minimum Gasteiger partial charge on any atom is -0.389 e. The second kappa shape index (κ2) is 9.05. The van der Waals surface area contributed by atoms with Crippen molar-refractivity contribution in [1.82, 2.24) is 20.5 Å². The van der Waals surface area contributed by atoms with Crippen LogP contribution in [0.25, 0.3) is 0 Å². The Labute approximate surface area is 202 Å². The topological polar surface area (TPSA) is 166 Å². The summed E-state index contributed by atoms with van der Waals surface area (Å²) in [6.45, 7) is 0.116. The summed E-state index contributed by atoms with van der Waals surface area (Å²) in [6, 6.07) is -0.478. The van der Waals surface area contributed by atoms with Crippen LogP contribution >= 0.6 is 0 Å². The maximum atomic E-state index is 13.5. The van der Waals surface area contributed by atoms with E-state index in [4.69, 9.17) is 0 Å². The number of carbonyl (C=O) groups is 4. The Bertz CT molecular complexity index is 1180. The number of hydrogen-bond donors (Lipinski definition) is 4. The minimum absolute atomic E-state index is 0.0147. The lowest BCUT2D eigenvalue weighted by atomic mass is 9.92. The van der Waals surface area contributed by atoms with Crippen LogP contribution in [0, 0.1) is 17.8 Å². The number of sulfone groups is 1. The van der Waals surface area contributed by atoms with Gasteiger partial charge < -0.3 is 25.6 Å². The maximum Gasteiger partial charge on any atom is 0.271 e. The summed E-state index contributed by atoms with van der Waals surface area (Å²) < 4.78 is 24.5. The number of Topliss-reactive ketones (excluding diaryl/α,β-unsaturated/α-hetero) is 1. The number of amides is 3. The van der Waals surface area contributed by atoms with Crippen LogP contribution in [0.5, 0.6) is 0 Å². The Morgan fingerprint density at radius 1 is 1.23 bits per heavy atom. The van der Waals surface area contributed by atoms with Crippen molar-refractivity contribution in [3.8, 4) is 0 Å². The zero-order chi connectivity index (χ0) is 24.9. The highest BCUT2D eigenvalue weighted by atomic mass is 32.2. The highest BCUT2D eigenvalue weighted by molar-refractivity contribution is 7.91. The van der Waals surface area contributed by atoms with E-state index in [1.54, 1.807) is 0 Å². The van der Waals surface area contributed by atoms with Crippen LogP contribution in [-0.4, -0.2) is 84.4 Å². The molecule has 4 N–H and O–H groups in total. The molecule has 0 radical (unpaired) electrons. The summed E-state index contributed by atoms with van der Waals surface area (Å²) in [5, 5.41) is 14.9. The number of rotatable bonds is 7. The van der Waals surface area contributed by atoms with Crippen molar-refractivity contribution in [3.63, 3.8) is 0 Å². The summed E-state index contributed by atoms with van der Waals surface area (Å²) in [4.78, 5) is 56.0. The van der Waals surface area contributed by atoms with E-state index in [9.17, 15) is 32.7 Å². The van der Waals surface area contributed by atoms with Crippen molar-refractivity contribution in [3.05, 3.63) is 17.5 Å². The number of aliphatic hydroxyl groups excluding tert-OH is 1. The number of H-pyrrole nitrogens is 1. The molecule has 2 saturated heterocycles. The van der Waals surface area contributed by atoms with Crippen LogP contribution in [0.2, 0.25) is 0 Å². The van der Waals surface area contributed by atoms with Gasteiger partial charge in [0.1, 0.15) is 18.3 Å². The van der Waals surface area contributed by atoms with Gasteiger partial charge >= 0.3 is 0 Å². The largest absolute Gasteiger partial charge is 0.389 e. The molecule has 0 unspecified atom stereocenters. The zero-order valence-corrected chi connectivity index (χ0v) is 20.1. The Morgan fingerprint density at radius 2 is 2.03 bits per heavy atom. The van der Waals surface area contributed by atoms with E-state index >= 15 is 0 Å². The summed E-state index contributed by atoms with van der Waals surface area (Å²) in [7, 11) is -3.41. The van der Waals surface area contributed by atoms with Gasteiger partial charge in [0.25, 0.3) is 5.91 Å². The van der Waals surface area contributed by atoms with E-state index in [1.165, 1.54) is 11.0 Å². The fourth-order valence-corrected chi connectivity index (χ4v) is 7.72. The number of hydrogen-bond acceptors (Lipinski definition) is 7. The van der Waals surface area contributed by atoms with Gasteiger partial charge in [0.2, 0.25) is 11.8 Å². The third-order valence-corrected chi connectivity index (χ3v) is 9.78. The van der Waals surface area contributed by atoms with Gasteiger partial charge in [0, 0.05) is 31.1 Å². The van der Waals surface area contributed by atoms with Gasteiger partial charge in [-0.2, -0.15) is 0 Å². The summed E-state index contributed by atoms with van der Waals surface area (Å²) >= 11 is 0. The number of aliphatic hydroxyl groups is 1. The lowest BCUT2D eigenvalue weighted by Gasteiger charge is -2.29. The van der Waals surface area contributed by atoms with Crippen LogP contribution in [0.15, 0.2) is 11.0 Å². The number of carbonyl (C=O) groups excluding carboxylic acids is 4. The first-order valence-electron chi connectivity index (χ1n) is 12.2. The monoisotopic (exact) mass is 506 g/mol. The molecule has 1 saturated carbocycles. The Morgan fingerprint density at radius 3 is 2.71 bits per heavy atom. The molecule has 0 bridgehead atoms. The minimum atomic E-state index is -3.41. The number of aromatic nitrogens is 1. The second-order valence-electron chi connectivity index (χ2n) is 10.0. The third-order valence-electron chi connectivity index (χ3n) is 8.01. The molecule has 35 heavy (non-hydrogen) atoms. The van der Waals surface area contributed by atoms with Crippen molar-refractivity contribution in [2.45, 2.75) is 55.5 Å². The number of aryl methyl sites for hydroxylation is 1. The van der Waals surface area contributed by atoms with Gasteiger partial charge in [0.05, 0.1) is 16.7 Å². The summed E-state index contributed by atoms with van der Waals surface area (Å²) in [5.74, 6) is -2.02. The zero-order valence-electron chi connectivity index (χ0n) is 19.3. The number of nitrogens with one attached hydrogen (secondary N) is 3. The summed E-state index contributed by atoms with van der Waals surface area (Å²) in [6.07, 6.45) is 3.55. The smallest absolute Gasteiger partial charge is 0.271 e. The number of fused-ring (bicyclic) bond motifs is 2. The Balaban J connectivity index is 1.37. The number of nitrogens with zero attached hydrogens (tertiary/aromatic N) is 1. The molecular formula is C23H30N4O7S.